The summed E-state index contributed by atoms with van der Waals surface area (Å²) in [6.45, 7) is 0.239. The number of rotatable bonds is 5. The molecule has 0 aromatic carbocycles. The van der Waals surface area contributed by atoms with Crippen molar-refractivity contribution in [2.75, 3.05) is 7.11 Å². The van der Waals surface area contributed by atoms with Crippen molar-refractivity contribution in [3.8, 4) is 0 Å². The van der Waals surface area contributed by atoms with Gasteiger partial charge in [0.15, 0.2) is 0 Å². The number of carboxylic acids is 1. The molecule has 6 heteroatoms. The van der Waals surface area contributed by atoms with Gasteiger partial charge in [-0.3, -0.25) is 0 Å². The summed E-state index contributed by atoms with van der Waals surface area (Å²) in [5.74, 6) is -0.938. The smallest absolute Gasteiger partial charge is 0.347 e. The van der Waals surface area contributed by atoms with Gasteiger partial charge in [-0.1, -0.05) is 6.07 Å². The van der Waals surface area contributed by atoms with E-state index in [1.54, 1.807) is 11.3 Å². The topological polar surface area (TPSA) is 59.4 Å². The second-order valence-electron chi connectivity index (χ2n) is 3.38. The fourth-order valence-electron chi connectivity index (χ4n) is 1.44. The molecule has 90 valence electrons. The highest BCUT2D eigenvalue weighted by Gasteiger charge is 2.17. The van der Waals surface area contributed by atoms with Crippen LogP contribution in [0.3, 0.4) is 0 Å². The van der Waals surface area contributed by atoms with Crippen LogP contribution in [0.4, 0.5) is 0 Å². The Hall–Kier alpha value is -1.24. The third kappa shape index (κ3) is 2.91. The average molecular weight is 269 g/mol. The summed E-state index contributed by atoms with van der Waals surface area (Å²) in [4.78, 5) is 16.8. The highest BCUT2D eigenvalue weighted by atomic mass is 32.1. The molecule has 0 radical (unpaired) electrons. The standard InChI is InChI=1S/C11H11NO3S2/c1-15-6-8-10(11(13)14)17-9(12-8)5-7-3-2-4-16-7/h2-4H,5-6H2,1H3,(H,13,14). The molecule has 2 heterocycles. The number of thiazole rings is 1. The zero-order valence-electron chi connectivity index (χ0n) is 9.17. The van der Waals surface area contributed by atoms with Gasteiger partial charge in [0.25, 0.3) is 0 Å². The van der Waals surface area contributed by atoms with Gasteiger partial charge < -0.3 is 9.84 Å². The molecule has 2 aromatic rings. The highest BCUT2D eigenvalue weighted by molar-refractivity contribution is 7.14. The number of thiophene rings is 1. The van der Waals surface area contributed by atoms with E-state index in [0.717, 1.165) is 5.01 Å². The van der Waals surface area contributed by atoms with E-state index in [9.17, 15) is 4.79 Å². The van der Waals surface area contributed by atoms with Crippen LogP contribution in [0.2, 0.25) is 0 Å². The summed E-state index contributed by atoms with van der Waals surface area (Å²) in [6, 6.07) is 3.99. The molecule has 0 aliphatic rings. The number of hydrogen-bond acceptors (Lipinski definition) is 5. The van der Waals surface area contributed by atoms with Crippen LogP contribution in [0, 0.1) is 0 Å². The average Bonchev–Trinajstić information content (AvgIpc) is 2.89. The van der Waals surface area contributed by atoms with Crippen molar-refractivity contribution in [3.05, 3.63) is 38.0 Å². The van der Waals surface area contributed by atoms with Gasteiger partial charge in [-0.15, -0.1) is 22.7 Å². The third-order valence-electron chi connectivity index (χ3n) is 2.12. The number of carbonyl (C=O) groups is 1. The first-order valence-corrected chi connectivity index (χ1v) is 6.63. The van der Waals surface area contributed by atoms with Crippen molar-refractivity contribution in [1.29, 1.82) is 0 Å². The molecule has 0 saturated heterocycles. The van der Waals surface area contributed by atoms with Crippen LogP contribution in [-0.4, -0.2) is 23.2 Å². The van der Waals surface area contributed by atoms with Gasteiger partial charge in [-0.2, -0.15) is 0 Å². The summed E-state index contributed by atoms with van der Waals surface area (Å²) in [5, 5.41) is 11.9. The van der Waals surface area contributed by atoms with E-state index in [0.29, 0.717) is 12.1 Å². The summed E-state index contributed by atoms with van der Waals surface area (Å²) >= 11 is 2.86. The van der Waals surface area contributed by atoms with Crippen LogP contribution in [0.1, 0.15) is 25.3 Å². The predicted molar refractivity (Wildman–Crippen MR) is 66.9 cm³/mol. The number of methoxy groups -OCH3 is 1. The van der Waals surface area contributed by atoms with Crippen LogP contribution < -0.4 is 0 Å². The molecule has 1 N–H and O–H groups in total. The van der Waals surface area contributed by atoms with Gasteiger partial charge in [0.2, 0.25) is 0 Å². The molecular weight excluding hydrogens is 258 g/mol. The van der Waals surface area contributed by atoms with Gasteiger partial charge in [0, 0.05) is 18.4 Å². The van der Waals surface area contributed by atoms with Crippen molar-refractivity contribution < 1.29 is 14.6 Å². The van der Waals surface area contributed by atoms with Gasteiger partial charge in [0.05, 0.1) is 17.3 Å². The Bertz CT molecular complexity index is 505. The Kier molecular flexibility index (Phi) is 3.88. The Morgan fingerprint density at radius 1 is 1.59 bits per heavy atom. The summed E-state index contributed by atoms with van der Waals surface area (Å²) in [5.41, 5.74) is 0.511. The van der Waals surface area contributed by atoms with Gasteiger partial charge >= 0.3 is 5.97 Å². The minimum absolute atomic E-state index is 0.239. The van der Waals surface area contributed by atoms with Crippen LogP contribution >= 0.6 is 22.7 Å². The molecule has 0 saturated carbocycles. The third-order valence-corrected chi connectivity index (χ3v) is 4.08. The zero-order valence-corrected chi connectivity index (χ0v) is 10.8. The fourth-order valence-corrected chi connectivity index (χ4v) is 3.17. The van der Waals surface area contributed by atoms with Crippen molar-refractivity contribution in [3.63, 3.8) is 0 Å². The first-order chi connectivity index (χ1) is 8.20. The van der Waals surface area contributed by atoms with Crippen molar-refractivity contribution in [2.24, 2.45) is 0 Å². The molecule has 0 amide bonds. The van der Waals surface area contributed by atoms with E-state index in [2.05, 4.69) is 4.98 Å². The number of hydrogen-bond donors (Lipinski definition) is 1. The number of aromatic carboxylic acids is 1. The van der Waals surface area contributed by atoms with E-state index in [-0.39, 0.29) is 11.5 Å². The Morgan fingerprint density at radius 3 is 3.00 bits per heavy atom. The maximum Gasteiger partial charge on any atom is 0.347 e. The lowest BCUT2D eigenvalue weighted by Gasteiger charge is -1.94. The van der Waals surface area contributed by atoms with Crippen molar-refractivity contribution >= 4 is 28.6 Å². The van der Waals surface area contributed by atoms with Crippen LogP contribution in [-0.2, 0) is 17.8 Å². The molecule has 4 nitrogen and oxygen atoms in total. The lowest BCUT2D eigenvalue weighted by Crippen LogP contribution is -1.99. The molecule has 0 bridgehead atoms. The summed E-state index contributed by atoms with van der Waals surface area (Å²) < 4.78 is 4.95. The van der Waals surface area contributed by atoms with E-state index in [4.69, 9.17) is 9.84 Å². The highest BCUT2D eigenvalue weighted by Crippen LogP contribution is 2.23. The van der Waals surface area contributed by atoms with E-state index in [1.165, 1.54) is 23.3 Å². The Balaban J connectivity index is 2.24. The molecule has 17 heavy (non-hydrogen) atoms. The first-order valence-electron chi connectivity index (χ1n) is 4.94. The Labute approximate surface area is 107 Å². The number of nitrogens with zero attached hydrogens (tertiary/aromatic N) is 1. The van der Waals surface area contributed by atoms with Crippen molar-refractivity contribution in [1.82, 2.24) is 4.98 Å². The SMILES string of the molecule is COCc1nc(Cc2cccs2)sc1C(=O)O. The van der Waals surface area contributed by atoms with Gasteiger partial charge in [0.1, 0.15) is 4.88 Å². The normalized spacial score (nSPS) is 10.6. The second-order valence-corrected chi connectivity index (χ2v) is 5.49. The molecule has 0 fully saturated rings. The number of carboxylic acid groups (broad SMARTS) is 1. The molecule has 2 rings (SSSR count). The fraction of sp³-hybridized carbons (Fsp3) is 0.273. The Morgan fingerprint density at radius 2 is 2.41 bits per heavy atom. The van der Waals surface area contributed by atoms with E-state index < -0.39 is 5.97 Å². The minimum Gasteiger partial charge on any atom is -0.477 e. The predicted octanol–water partition coefficient (Wildman–Crippen LogP) is 2.64. The minimum atomic E-state index is -0.938. The second kappa shape index (κ2) is 5.39. The first kappa shape index (κ1) is 12.2. The lowest BCUT2D eigenvalue weighted by molar-refractivity contribution is 0.0697. The molecule has 0 unspecified atom stereocenters. The van der Waals surface area contributed by atoms with Crippen molar-refractivity contribution in [2.45, 2.75) is 13.0 Å². The van der Waals surface area contributed by atoms with Crippen LogP contribution in [0.5, 0.6) is 0 Å². The van der Waals surface area contributed by atoms with Gasteiger partial charge in [-0.05, 0) is 11.4 Å². The molecular formula is C11H11NO3S2. The van der Waals surface area contributed by atoms with Crippen LogP contribution in [0.15, 0.2) is 17.5 Å². The summed E-state index contributed by atoms with van der Waals surface area (Å²) in [7, 11) is 1.53. The molecule has 0 aliphatic carbocycles. The summed E-state index contributed by atoms with van der Waals surface area (Å²) in [6.07, 6.45) is 0.687. The molecule has 2 aromatic heterocycles. The maximum absolute atomic E-state index is 11.0. The maximum atomic E-state index is 11.0. The van der Waals surface area contributed by atoms with E-state index in [1.807, 2.05) is 17.5 Å². The zero-order chi connectivity index (χ0) is 12.3. The molecule has 0 spiro atoms. The van der Waals surface area contributed by atoms with Gasteiger partial charge in [-0.25, -0.2) is 9.78 Å². The van der Waals surface area contributed by atoms with Crippen LogP contribution in [0.25, 0.3) is 0 Å². The largest absolute Gasteiger partial charge is 0.477 e. The molecule has 0 aliphatic heterocycles. The lowest BCUT2D eigenvalue weighted by atomic mass is 10.3. The molecule has 0 atom stereocenters. The monoisotopic (exact) mass is 269 g/mol. The number of aromatic nitrogens is 1. The number of ether oxygens (including phenoxy) is 1. The quantitative estimate of drug-likeness (QED) is 0.906. The van der Waals surface area contributed by atoms with E-state index >= 15 is 0 Å².